The van der Waals surface area contributed by atoms with Gasteiger partial charge in [-0.15, -0.1) is 10.2 Å². The summed E-state index contributed by atoms with van der Waals surface area (Å²) in [7, 11) is -3.89. The molecule has 0 unspecified atom stereocenters. The highest BCUT2D eigenvalue weighted by molar-refractivity contribution is 7.90. The van der Waals surface area contributed by atoms with Crippen molar-refractivity contribution in [3.8, 4) is 5.75 Å². The number of carbonyl (C=O) groups is 2. The van der Waals surface area contributed by atoms with Crippen molar-refractivity contribution in [2.45, 2.75) is 43.6 Å². The number of nitrogens with zero attached hydrogens (tertiary/aromatic N) is 3. The molecule has 0 saturated heterocycles. The minimum Gasteiger partial charge on any atom is -0.489 e. The number of aliphatic hydroxyl groups is 1. The smallest absolute Gasteiger partial charge is 0.273 e. The van der Waals surface area contributed by atoms with E-state index in [2.05, 4.69) is 25.8 Å². The fourth-order valence-electron chi connectivity index (χ4n) is 3.69. The lowest BCUT2D eigenvalue weighted by Gasteiger charge is -2.18. The van der Waals surface area contributed by atoms with Crippen LogP contribution in [0.5, 0.6) is 5.75 Å². The minimum absolute atomic E-state index is 0.0170. The summed E-state index contributed by atoms with van der Waals surface area (Å²) in [6, 6.07) is 2.44. The molecule has 13 heteroatoms. The van der Waals surface area contributed by atoms with Gasteiger partial charge in [-0.1, -0.05) is 0 Å². The molecule has 0 bridgehead atoms. The van der Waals surface area contributed by atoms with E-state index in [9.17, 15) is 23.1 Å². The molecule has 2 aliphatic carbocycles. The number of amides is 2. The highest BCUT2D eigenvalue weighted by Gasteiger charge is 2.65. The number of hydrogen-bond acceptors (Lipinski definition) is 10. The van der Waals surface area contributed by atoms with Gasteiger partial charge in [-0.2, -0.15) is 0 Å². The second-order valence-electron chi connectivity index (χ2n) is 9.57. The number of pyridine rings is 1. The van der Waals surface area contributed by atoms with Gasteiger partial charge in [0.2, 0.25) is 5.91 Å². The molecule has 2 heterocycles. The standard InChI is InChI=1S/C22H28N6O6S/c1-21(2,31)11-34-12-7-15(35(4,32)33)18(24-10-12)25-14-8-16(27-28-17(14)20(30)23-3)26-19(29)13-9-22(13)5-6-22/h7-8,10,13,31H,5-6,9,11H2,1-4H3,(H,23,30)(H2,24,25,26,27,29)/t13-/m1/s1/i3D3. The number of sulfone groups is 1. The minimum atomic E-state index is -3.89. The van der Waals surface area contributed by atoms with Crippen LogP contribution in [0.15, 0.2) is 23.2 Å². The third kappa shape index (κ3) is 5.68. The maximum absolute atomic E-state index is 12.6. The molecule has 0 radical (unpaired) electrons. The molecule has 0 aliphatic heterocycles. The van der Waals surface area contributed by atoms with Gasteiger partial charge in [0.05, 0.1) is 17.5 Å². The zero-order chi connectivity index (χ0) is 28.1. The van der Waals surface area contributed by atoms with Crippen molar-refractivity contribution in [3.63, 3.8) is 0 Å². The Hall–Kier alpha value is -3.32. The molecule has 0 aromatic carbocycles. The summed E-state index contributed by atoms with van der Waals surface area (Å²) in [6.45, 7) is 0.0627. The molecule has 12 nitrogen and oxygen atoms in total. The Morgan fingerprint density at radius 1 is 1.31 bits per heavy atom. The first-order chi connectivity index (χ1) is 17.5. The van der Waals surface area contributed by atoms with Gasteiger partial charge in [0.25, 0.3) is 5.91 Å². The summed E-state index contributed by atoms with van der Waals surface area (Å²) in [5.74, 6) is -1.65. The molecule has 1 atom stereocenters. The first-order valence-electron chi connectivity index (χ1n) is 12.3. The molecule has 2 saturated carbocycles. The fourth-order valence-corrected chi connectivity index (χ4v) is 4.47. The lowest BCUT2D eigenvalue weighted by atomic mass is 10.2. The van der Waals surface area contributed by atoms with Crippen LogP contribution in [-0.4, -0.2) is 66.0 Å². The highest BCUT2D eigenvalue weighted by atomic mass is 32.2. The quantitative estimate of drug-likeness (QED) is 0.387. The summed E-state index contributed by atoms with van der Waals surface area (Å²) in [5, 5.41) is 24.7. The van der Waals surface area contributed by atoms with Crippen molar-refractivity contribution in [2.75, 3.05) is 30.5 Å². The molecule has 188 valence electrons. The molecule has 2 aromatic heterocycles. The van der Waals surface area contributed by atoms with E-state index >= 15 is 0 Å². The third-order valence-corrected chi connectivity index (χ3v) is 6.95. The summed E-state index contributed by atoms with van der Waals surface area (Å²) in [4.78, 5) is 29.0. The molecule has 2 fully saturated rings. The lowest BCUT2D eigenvalue weighted by molar-refractivity contribution is -0.117. The van der Waals surface area contributed by atoms with E-state index in [4.69, 9.17) is 8.85 Å². The second kappa shape index (κ2) is 8.72. The topological polar surface area (TPSA) is 172 Å². The largest absolute Gasteiger partial charge is 0.489 e. The third-order valence-electron chi connectivity index (χ3n) is 5.84. The van der Waals surface area contributed by atoms with Gasteiger partial charge >= 0.3 is 0 Å². The van der Waals surface area contributed by atoms with E-state index < -0.39 is 34.0 Å². The molecule has 2 amide bonds. The van der Waals surface area contributed by atoms with Crippen molar-refractivity contribution < 1.29 is 32.0 Å². The number of nitrogens with one attached hydrogen (secondary N) is 3. The fraction of sp³-hybridized carbons (Fsp3) is 0.500. The van der Waals surface area contributed by atoms with Crippen LogP contribution in [0.3, 0.4) is 0 Å². The van der Waals surface area contributed by atoms with Gasteiger partial charge in [0.1, 0.15) is 23.1 Å². The van der Waals surface area contributed by atoms with E-state index in [-0.39, 0.29) is 51.8 Å². The average Bonchev–Trinajstić information content (AvgIpc) is 3.69. The van der Waals surface area contributed by atoms with E-state index in [0.29, 0.717) is 0 Å². The Bertz CT molecular complexity index is 1390. The van der Waals surface area contributed by atoms with Crippen LogP contribution in [-0.2, 0) is 14.6 Å². The Morgan fingerprint density at radius 3 is 2.66 bits per heavy atom. The van der Waals surface area contributed by atoms with Gasteiger partial charge in [0, 0.05) is 35.4 Å². The van der Waals surface area contributed by atoms with Crippen molar-refractivity contribution in [1.29, 1.82) is 0 Å². The van der Waals surface area contributed by atoms with Crippen LogP contribution >= 0.6 is 0 Å². The average molecular weight is 508 g/mol. The molecular formula is C22H28N6O6S. The molecule has 2 aromatic rings. The monoisotopic (exact) mass is 507 g/mol. The summed E-state index contributed by atoms with van der Waals surface area (Å²) in [6.07, 6.45) is 4.93. The number of aromatic nitrogens is 3. The number of rotatable bonds is 9. The van der Waals surface area contributed by atoms with Crippen LogP contribution in [0.4, 0.5) is 17.3 Å². The van der Waals surface area contributed by atoms with E-state index in [1.54, 1.807) is 5.32 Å². The Morgan fingerprint density at radius 2 is 2.06 bits per heavy atom. The van der Waals surface area contributed by atoms with E-state index in [1.807, 2.05) is 0 Å². The molecule has 1 spiro atoms. The van der Waals surface area contributed by atoms with Gasteiger partial charge in [-0.25, -0.2) is 13.4 Å². The van der Waals surface area contributed by atoms with E-state index in [1.165, 1.54) is 32.2 Å². The Labute approximate surface area is 207 Å². The summed E-state index contributed by atoms with van der Waals surface area (Å²) < 4.78 is 52.5. The van der Waals surface area contributed by atoms with Gasteiger partial charge in [-0.05, 0) is 38.5 Å². The Kier molecular flexibility index (Phi) is 5.23. The lowest BCUT2D eigenvalue weighted by Crippen LogP contribution is -2.28. The maximum atomic E-state index is 12.6. The predicted molar refractivity (Wildman–Crippen MR) is 126 cm³/mol. The zero-order valence-corrected chi connectivity index (χ0v) is 20.2. The van der Waals surface area contributed by atoms with Crippen LogP contribution in [0.25, 0.3) is 0 Å². The van der Waals surface area contributed by atoms with E-state index in [0.717, 1.165) is 25.5 Å². The number of anilines is 3. The van der Waals surface area contributed by atoms with Crippen molar-refractivity contribution >= 4 is 39.0 Å². The molecule has 4 N–H and O–H groups in total. The summed E-state index contributed by atoms with van der Waals surface area (Å²) >= 11 is 0. The van der Waals surface area contributed by atoms with Crippen LogP contribution < -0.4 is 20.7 Å². The van der Waals surface area contributed by atoms with Gasteiger partial charge in [0.15, 0.2) is 21.3 Å². The highest BCUT2D eigenvalue weighted by Crippen LogP contribution is 2.70. The van der Waals surface area contributed by atoms with Crippen LogP contribution in [0, 0.1) is 11.3 Å². The summed E-state index contributed by atoms with van der Waals surface area (Å²) in [5.41, 5.74) is -1.71. The number of ether oxygens (including phenoxy) is 1. The van der Waals surface area contributed by atoms with Crippen molar-refractivity contribution in [2.24, 2.45) is 11.3 Å². The zero-order valence-electron chi connectivity index (χ0n) is 22.4. The first-order valence-corrected chi connectivity index (χ1v) is 12.7. The number of hydrogen-bond donors (Lipinski definition) is 4. The Balaban J connectivity index is 1.67. The molecule has 2 aliphatic rings. The second-order valence-corrected chi connectivity index (χ2v) is 11.6. The van der Waals surface area contributed by atoms with Gasteiger partial charge < -0.3 is 25.8 Å². The van der Waals surface area contributed by atoms with Crippen molar-refractivity contribution in [1.82, 2.24) is 20.5 Å². The van der Waals surface area contributed by atoms with Crippen LogP contribution in [0.1, 0.15) is 47.7 Å². The first kappa shape index (κ1) is 21.0. The van der Waals surface area contributed by atoms with Crippen LogP contribution in [0.2, 0.25) is 0 Å². The maximum Gasteiger partial charge on any atom is 0.273 e. The molecular weight excluding hydrogens is 476 g/mol. The normalized spacial score (nSPS) is 19.7. The number of carbonyl (C=O) groups excluding carboxylic acids is 2. The molecule has 35 heavy (non-hydrogen) atoms. The predicted octanol–water partition coefficient (Wildman–Crippen LogP) is 1.27. The SMILES string of the molecule is [2H]C([2H])([2H])NC(=O)c1nnc(NC(=O)[C@H]2CC23CC3)cc1Nc1ncc(OCC(C)(C)O)cc1S(C)(=O)=O. The molecule has 4 rings (SSSR count). The van der Waals surface area contributed by atoms with Crippen molar-refractivity contribution in [3.05, 3.63) is 24.0 Å². The van der Waals surface area contributed by atoms with Gasteiger partial charge in [-0.3, -0.25) is 9.59 Å².